The molecule has 4 aromatic rings. The molecule has 4 rings (SSSR count). The fourth-order valence-electron chi connectivity index (χ4n) is 3.22. The molecule has 0 spiro atoms. The molecule has 0 radical (unpaired) electrons. The average molecular weight is 1170 g/mol. The molecule has 0 aliphatic rings. The van der Waals surface area contributed by atoms with Gasteiger partial charge in [-0.1, -0.05) is 0 Å². The SMILES string of the molecule is O=S(=O)([O-])c1c(F)c(F)c(F)c(F)c1F.O=S(=O)([O-])c1c(F)c(F)c(F)c(F)c1F.O=S(=O)([O-])c1c(F)c(F)c(F)c(F)c1F.O=S(=O)([O-])c1c(F)c(F)c(F)c(F)c1F.[Hf+4]. The van der Waals surface area contributed by atoms with Crippen LogP contribution in [0.5, 0.6) is 0 Å². The smallest absolute Gasteiger partial charge is 0.744 e. The molecule has 0 bridgehead atoms. The molecule has 61 heavy (non-hydrogen) atoms. The van der Waals surface area contributed by atoms with Crippen LogP contribution in [0.4, 0.5) is 87.8 Å². The van der Waals surface area contributed by atoms with Crippen molar-refractivity contribution in [2.24, 2.45) is 0 Å². The van der Waals surface area contributed by atoms with E-state index in [1.54, 1.807) is 0 Å². The average Bonchev–Trinajstić information content (AvgIpc) is 3.10. The standard InChI is InChI=1S/4C6HF5O3S.Hf/c4*7-1-2(8)4(10)6(15(12,13)14)5(11)3(1)9;/h4*(H,12,13,14);/q;;;;+4/p-4. The summed E-state index contributed by atoms with van der Waals surface area (Å²) in [5, 5.41) is 0. The van der Waals surface area contributed by atoms with E-state index in [-0.39, 0.29) is 25.8 Å². The third kappa shape index (κ3) is 12.1. The second-order valence-electron chi connectivity index (χ2n) is 9.41. The number of halogens is 20. The van der Waals surface area contributed by atoms with Gasteiger partial charge in [-0.15, -0.1) is 0 Å². The first-order chi connectivity index (χ1) is 26.7. The zero-order valence-corrected chi connectivity index (χ0v) is 33.4. The molecular weight excluding hydrogens is 1170 g/mol. The van der Waals surface area contributed by atoms with Gasteiger partial charge >= 0.3 is 25.8 Å². The Labute approximate surface area is 340 Å². The van der Waals surface area contributed by atoms with Gasteiger partial charge < -0.3 is 18.2 Å². The van der Waals surface area contributed by atoms with Crippen LogP contribution in [0.25, 0.3) is 0 Å². The Bertz CT molecular complexity index is 2380. The first-order valence-corrected chi connectivity index (χ1v) is 18.2. The third-order valence-corrected chi connectivity index (χ3v) is 9.11. The van der Waals surface area contributed by atoms with Gasteiger partial charge in [0.2, 0.25) is 23.3 Å². The normalized spacial score (nSPS) is 11.7. The van der Waals surface area contributed by atoms with E-state index in [1.807, 2.05) is 0 Å². The van der Waals surface area contributed by atoms with E-state index in [0.29, 0.717) is 0 Å². The maximum absolute atomic E-state index is 12.6. The Kier molecular flexibility index (Phi) is 18.7. The van der Waals surface area contributed by atoms with Gasteiger partial charge in [0.05, 0.1) is 0 Å². The molecule has 0 aliphatic carbocycles. The molecule has 0 heterocycles. The largest absolute Gasteiger partial charge is 4.00 e. The van der Waals surface area contributed by atoms with Crippen LogP contribution in [-0.4, -0.2) is 51.9 Å². The van der Waals surface area contributed by atoms with Crippen molar-refractivity contribution in [3.8, 4) is 0 Å². The van der Waals surface area contributed by atoms with Crippen LogP contribution in [0.3, 0.4) is 0 Å². The van der Waals surface area contributed by atoms with Gasteiger partial charge in [0.25, 0.3) is 0 Å². The maximum Gasteiger partial charge on any atom is 4.00 e. The van der Waals surface area contributed by atoms with Crippen LogP contribution in [0.1, 0.15) is 0 Å². The first-order valence-electron chi connectivity index (χ1n) is 12.6. The molecule has 12 nitrogen and oxygen atoms in total. The van der Waals surface area contributed by atoms with Crippen molar-refractivity contribution in [3.63, 3.8) is 0 Å². The number of benzene rings is 4. The minimum absolute atomic E-state index is 0. The van der Waals surface area contributed by atoms with Gasteiger partial charge in [-0.3, -0.25) is 0 Å². The summed E-state index contributed by atoms with van der Waals surface area (Å²) in [6, 6.07) is 0. The molecule has 0 fully saturated rings. The minimum atomic E-state index is -5.77. The summed E-state index contributed by atoms with van der Waals surface area (Å²) in [6.07, 6.45) is 0. The third-order valence-electron chi connectivity index (χ3n) is 5.68. The van der Waals surface area contributed by atoms with Gasteiger partial charge in [0.15, 0.2) is 93.1 Å². The predicted octanol–water partition coefficient (Wildman–Crippen LogP) is 5.14. The van der Waals surface area contributed by atoms with Crippen LogP contribution in [0.15, 0.2) is 19.6 Å². The molecule has 4 aromatic carbocycles. The second-order valence-corrected chi connectivity index (χ2v) is 14.7. The van der Waals surface area contributed by atoms with E-state index < -0.39 is 176 Å². The van der Waals surface area contributed by atoms with Crippen molar-refractivity contribution in [1.29, 1.82) is 0 Å². The van der Waals surface area contributed by atoms with E-state index >= 15 is 0 Å². The van der Waals surface area contributed by atoms with Gasteiger partial charge in [-0.2, -0.15) is 0 Å². The van der Waals surface area contributed by atoms with Gasteiger partial charge in [-0.05, 0) is 0 Å². The molecular formula is C24F20HfO12S4. The molecule has 0 aromatic heterocycles. The van der Waals surface area contributed by atoms with E-state index in [1.165, 1.54) is 0 Å². The van der Waals surface area contributed by atoms with Crippen molar-refractivity contribution >= 4 is 40.5 Å². The van der Waals surface area contributed by atoms with E-state index in [4.69, 9.17) is 0 Å². The van der Waals surface area contributed by atoms with Gasteiger partial charge in [0.1, 0.15) is 60.1 Å². The molecule has 0 N–H and O–H groups in total. The van der Waals surface area contributed by atoms with E-state index in [9.17, 15) is 140 Å². The van der Waals surface area contributed by atoms with Crippen LogP contribution in [0.2, 0.25) is 0 Å². The Morgan fingerprint density at radius 1 is 0.197 bits per heavy atom. The first kappa shape index (κ1) is 57.0. The van der Waals surface area contributed by atoms with Crippen LogP contribution >= 0.6 is 0 Å². The van der Waals surface area contributed by atoms with E-state index in [0.717, 1.165) is 0 Å². The summed E-state index contributed by atoms with van der Waals surface area (Å²) >= 11 is 0. The summed E-state index contributed by atoms with van der Waals surface area (Å²) in [5.74, 6) is -51.3. The Balaban J connectivity index is 0.000000783. The summed E-state index contributed by atoms with van der Waals surface area (Å²) in [7, 11) is -23.1. The van der Waals surface area contributed by atoms with Crippen LogP contribution in [-0.2, 0) is 66.3 Å². The van der Waals surface area contributed by atoms with Crippen molar-refractivity contribution in [2.75, 3.05) is 0 Å². The molecule has 0 amide bonds. The zero-order valence-electron chi connectivity index (χ0n) is 26.6. The van der Waals surface area contributed by atoms with Crippen molar-refractivity contribution in [3.05, 3.63) is 116 Å². The van der Waals surface area contributed by atoms with Crippen LogP contribution < -0.4 is 0 Å². The molecule has 37 heteroatoms. The summed E-state index contributed by atoms with van der Waals surface area (Å²) in [6.45, 7) is 0. The fourth-order valence-corrected chi connectivity index (χ4v) is 5.69. The predicted molar refractivity (Wildman–Crippen MR) is 137 cm³/mol. The minimum Gasteiger partial charge on any atom is -0.744 e. The molecule has 0 saturated carbocycles. The quantitative estimate of drug-likeness (QED) is 0.0851. The molecule has 336 valence electrons. The monoisotopic (exact) mass is 1170 g/mol. The zero-order chi connectivity index (χ0) is 47.9. The number of hydrogen-bond donors (Lipinski definition) is 0. The summed E-state index contributed by atoms with van der Waals surface area (Å²) < 4.78 is 372. The maximum atomic E-state index is 12.6. The summed E-state index contributed by atoms with van der Waals surface area (Å²) in [5.41, 5.74) is 0. The van der Waals surface area contributed by atoms with Gasteiger partial charge in [0, 0.05) is 0 Å². The fraction of sp³-hybridized carbons (Fsp3) is 0. The topological polar surface area (TPSA) is 229 Å². The van der Waals surface area contributed by atoms with Crippen molar-refractivity contribution in [2.45, 2.75) is 19.6 Å². The summed E-state index contributed by atoms with van der Waals surface area (Å²) in [4.78, 5) is -9.50. The number of rotatable bonds is 4. The molecule has 0 aliphatic heterocycles. The molecule has 0 saturated heterocycles. The van der Waals surface area contributed by atoms with Crippen molar-refractivity contribution in [1.82, 2.24) is 0 Å². The number of hydrogen-bond acceptors (Lipinski definition) is 12. The Morgan fingerprint density at radius 3 is 0.328 bits per heavy atom. The Hall–Kier alpha value is -4.01. The Morgan fingerprint density at radius 2 is 0.262 bits per heavy atom. The van der Waals surface area contributed by atoms with Crippen molar-refractivity contribution < 1.29 is 166 Å². The van der Waals surface area contributed by atoms with Crippen LogP contribution in [0, 0.1) is 116 Å². The van der Waals surface area contributed by atoms with E-state index in [2.05, 4.69) is 0 Å². The van der Waals surface area contributed by atoms with Gasteiger partial charge in [-0.25, -0.2) is 121 Å². The molecule has 0 atom stereocenters. The second kappa shape index (κ2) is 20.0. The molecule has 0 unspecified atom stereocenters.